The summed E-state index contributed by atoms with van der Waals surface area (Å²) in [4.78, 5) is 24.3. The molecule has 0 saturated carbocycles. The van der Waals surface area contributed by atoms with Gasteiger partial charge >= 0.3 is 0 Å². The molecule has 0 aromatic rings. The fourth-order valence-corrected chi connectivity index (χ4v) is 3.20. The molecular weight excluding hydrogens is 316 g/mol. The molecule has 0 heterocycles. The molecule has 1 aliphatic rings. The van der Waals surface area contributed by atoms with Crippen molar-refractivity contribution in [2.24, 2.45) is 0 Å². The van der Waals surface area contributed by atoms with E-state index in [1.807, 2.05) is 0 Å². The van der Waals surface area contributed by atoms with Crippen LogP contribution in [0.25, 0.3) is 0 Å². The smallest absolute Gasteiger partial charge is 0.262 e. The highest BCUT2D eigenvalue weighted by atomic mass is 16.5. The van der Waals surface area contributed by atoms with Crippen LogP contribution in [0.2, 0.25) is 0 Å². The molecule has 0 fully saturated rings. The number of rotatable bonds is 14. The summed E-state index contributed by atoms with van der Waals surface area (Å²) in [5.41, 5.74) is 0.490. The molecule has 0 saturated heterocycles. The molecule has 4 heteroatoms. The monoisotopic (exact) mass is 350 g/mol. The lowest BCUT2D eigenvalue weighted by Crippen LogP contribution is -2.21. The molecule has 0 aromatic carbocycles. The van der Waals surface area contributed by atoms with Crippen molar-refractivity contribution >= 4 is 11.6 Å². The molecule has 1 aliphatic carbocycles. The second-order valence-corrected chi connectivity index (χ2v) is 6.70. The number of hydrogen-bond donors (Lipinski definition) is 0. The molecule has 1 rings (SSSR count). The Kier molecular flexibility index (Phi) is 10.9. The van der Waals surface area contributed by atoms with Gasteiger partial charge in [0.15, 0.2) is 17.3 Å². The first kappa shape index (κ1) is 21.5. The summed E-state index contributed by atoms with van der Waals surface area (Å²) in [6, 6.07) is 0. The van der Waals surface area contributed by atoms with Crippen LogP contribution in [0.15, 0.2) is 23.2 Å². The highest BCUT2D eigenvalue weighted by Gasteiger charge is 2.29. The largest absolute Gasteiger partial charge is 0.492 e. The number of Topliss-reactive ketones (excluding diaryl/α,β-unsaturated/α-hetero) is 1. The number of ether oxygens (including phenoxy) is 2. The summed E-state index contributed by atoms with van der Waals surface area (Å²) in [6.45, 7) is 2.25. The van der Waals surface area contributed by atoms with Crippen molar-refractivity contribution in [2.45, 2.75) is 84.0 Å². The van der Waals surface area contributed by atoms with Crippen LogP contribution in [-0.4, -0.2) is 25.8 Å². The van der Waals surface area contributed by atoms with Crippen molar-refractivity contribution in [1.82, 2.24) is 0 Å². The van der Waals surface area contributed by atoms with Crippen LogP contribution >= 0.6 is 0 Å². The van der Waals surface area contributed by atoms with Gasteiger partial charge in [0.25, 0.3) is 5.78 Å². The van der Waals surface area contributed by atoms with Crippen LogP contribution in [0.4, 0.5) is 0 Å². The molecular formula is C21H34O4. The van der Waals surface area contributed by atoms with Crippen LogP contribution in [0.3, 0.4) is 0 Å². The third kappa shape index (κ3) is 7.45. The van der Waals surface area contributed by atoms with Crippen molar-refractivity contribution in [1.29, 1.82) is 0 Å². The van der Waals surface area contributed by atoms with Gasteiger partial charge in [0.1, 0.15) is 0 Å². The van der Waals surface area contributed by atoms with Gasteiger partial charge in [-0.2, -0.15) is 0 Å². The molecule has 4 nitrogen and oxygen atoms in total. The van der Waals surface area contributed by atoms with Gasteiger partial charge in [-0.1, -0.05) is 71.1 Å². The third-order valence-electron chi connectivity index (χ3n) is 4.72. The quantitative estimate of drug-likeness (QED) is 0.316. The van der Waals surface area contributed by atoms with Gasteiger partial charge in [-0.05, 0) is 12.8 Å². The van der Waals surface area contributed by atoms with E-state index in [0.717, 1.165) is 12.8 Å². The Morgan fingerprint density at radius 2 is 1.28 bits per heavy atom. The van der Waals surface area contributed by atoms with Crippen molar-refractivity contribution < 1.29 is 19.1 Å². The SMILES string of the molecule is CCCCCCCCCCCCCC1=C(OC)C(=O)C(OC)=CC1=O. The predicted molar refractivity (Wildman–Crippen MR) is 100 cm³/mol. The molecule has 0 atom stereocenters. The van der Waals surface area contributed by atoms with E-state index in [1.54, 1.807) is 0 Å². The first-order valence-electron chi connectivity index (χ1n) is 9.77. The zero-order chi connectivity index (χ0) is 18.5. The van der Waals surface area contributed by atoms with Gasteiger partial charge in [-0.3, -0.25) is 9.59 Å². The van der Waals surface area contributed by atoms with E-state index in [-0.39, 0.29) is 23.1 Å². The molecule has 25 heavy (non-hydrogen) atoms. The number of hydrogen-bond acceptors (Lipinski definition) is 4. The number of carbonyl (C=O) groups is 2. The van der Waals surface area contributed by atoms with Gasteiger partial charge in [-0.25, -0.2) is 0 Å². The first-order chi connectivity index (χ1) is 12.2. The number of carbonyl (C=O) groups excluding carboxylic acids is 2. The molecule has 0 unspecified atom stereocenters. The lowest BCUT2D eigenvalue weighted by Gasteiger charge is -2.17. The zero-order valence-corrected chi connectivity index (χ0v) is 16.2. The molecule has 0 N–H and O–H groups in total. The number of methoxy groups -OCH3 is 2. The second kappa shape index (κ2) is 12.7. The lowest BCUT2D eigenvalue weighted by atomic mass is 9.95. The van der Waals surface area contributed by atoms with E-state index in [2.05, 4.69) is 6.92 Å². The van der Waals surface area contributed by atoms with Crippen molar-refractivity contribution in [3.8, 4) is 0 Å². The molecule has 0 amide bonds. The maximum atomic E-state index is 12.1. The molecule has 0 aliphatic heterocycles. The van der Waals surface area contributed by atoms with Crippen molar-refractivity contribution in [2.75, 3.05) is 14.2 Å². The zero-order valence-electron chi connectivity index (χ0n) is 16.2. The number of ketones is 2. The predicted octanol–water partition coefficient (Wildman–Crippen LogP) is 5.27. The van der Waals surface area contributed by atoms with Crippen LogP contribution in [0.1, 0.15) is 84.0 Å². The Morgan fingerprint density at radius 3 is 1.76 bits per heavy atom. The maximum Gasteiger partial charge on any atom is 0.262 e. The van der Waals surface area contributed by atoms with Crippen LogP contribution < -0.4 is 0 Å². The van der Waals surface area contributed by atoms with Crippen molar-refractivity contribution in [3.05, 3.63) is 23.2 Å². The second-order valence-electron chi connectivity index (χ2n) is 6.70. The van der Waals surface area contributed by atoms with Gasteiger partial charge in [-0.15, -0.1) is 0 Å². The van der Waals surface area contributed by atoms with Crippen molar-refractivity contribution in [3.63, 3.8) is 0 Å². The van der Waals surface area contributed by atoms with E-state index in [9.17, 15) is 9.59 Å². The molecule has 0 bridgehead atoms. The Morgan fingerprint density at radius 1 is 0.760 bits per heavy atom. The van der Waals surface area contributed by atoms with E-state index < -0.39 is 0 Å². The van der Waals surface area contributed by atoms with E-state index >= 15 is 0 Å². The molecule has 142 valence electrons. The molecule has 0 spiro atoms. The summed E-state index contributed by atoms with van der Waals surface area (Å²) in [7, 11) is 2.82. The van der Waals surface area contributed by atoms with Crippen LogP contribution in [-0.2, 0) is 19.1 Å². The fraction of sp³-hybridized carbons (Fsp3) is 0.714. The summed E-state index contributed by atoms with van der Waals surface area (Å²) in [6.07, 6.45) is 15.7. The number of allylic oxidation sites excluding steroid dienone is 2. The minimum absolute atomic E-state index is 0.0598. The minimum Gasteiger partial charge on any atom is -0.492 e. The Hall–Kier alpha value is -1.58. The highest BCUT2D eigenvalue weighted by molar-refractivity contribution is 6.20. The maximum absolute atomic E-state index is 12.1. The van der Waals surface area contributed by atoms with Crippen LogP contribution in [0, 0.1) is 0 Å². The van der Waals surface area contributed by atoms with E-state index in [1.165, 1.54) is 78.1 Å². The number of unbranched alkanes of at least 4 members (excludes halogenated alkanes) is 10. The fourth-order valence-electron chi connectivity index (χ4n) is 3.20. The summed E-state index contributed by atoms with van der Waals surface area (Å²) in [5.74, 6) is -0.288. The molecule has 0 aromatic heterocycles. The highest BCUT2D eigenvalue weighted by Crippen LogP contribution is 2.24. The van der Waals surface area contributed by atoms with Gasteiger partial charge in [0.05, 0.1) is 14.2 Å². The third-order valence-corrected chi connectivity index (χ3v) is 4.72. The lowest BCUT2D eigenvalue weighted by molar-refractivity contribution is -0.121. The Balaban J connectivity index is 2.20. The van der Waals surface area contributed by atoms with Gasteiger partial charge in [0, 0.05) is 11.6 Å². The van der Waals surface area contributed by atoms with Gasteiger partial charge < -0.3 is 9.47 Å². The first-order valence-corrected chi connectivity index (χ1v) is 9.77. The topological polar surface area (TPSA) is 52.6 Å². The Labute approximate surface area is 152 Å². The summed E-state index contributed by atoms with van der Waals surface area (Å²) in [5, 5.41) is 0. The standard InChI is InChI=1S/C21H34O4/c1-4-5-6-7-8-9-10-11-12-13-14-15-17-18(22)16-19(24-2)20(23)21(17)25-3/h16H,4-15H2,1-3H3. The summed E-state index contributed by atoms with van der Waals surface area (Å²) < 4.78 is 10.1. The Bertz CT molecular complexity index is 488. The summed E-state index contributed by atoms with van der Waals surface area (Å²) >= 11 is 0. The normalized spacial score (nSPS) is 14.8. The van der Waals surface area contributed by atoms with Gasteiger partial charge in [0.2, 0.25) is 0 Å². The van der Waals surface area contributed by atoms with E-state index in [0.29, 0.717) is 12.0 Å². The van der Waals surface area contributed by atoms with E-state index in [4.69, 9.17) is 9.47 Å². The minimum atomic E-state index is -0.331. The average Bonchev–Trinajstić information content (AvgIpc) is 2.62. The average molecular weight is 350 g/mol. The van der Waals surface area contributed by atoms with Crippen LogP contribution in [0.5, 0.6) is 0 Å². The molecule has 0 radical (unpaired) electrons.